The Hall–Kier alpha value is -2.12. The Balaban J connectivity index is 1.84. The van der Waals surface area contributed by atoms with Crippen molar-refractivity contribution in [1.29, 1.82) is 0 Å². The number of benzene rings is 1. The molecule has 180 valence electrons. The Bertz CT molecular complexity index is 1140. The van der Waals surface area contributed by atoms with Crippen LogP contribution in [0.4, 0.5) is 0 Å². The third kappa shape index (κ3) is 4.82. The van der Waals surface area contributed by atoms with Crippen LogP contribution in [0.1, 0.15) is 93.0 Å². The maximum absolute atomic E-state index is 14.3. The molecule has 0 bridgehead atoms. The van der Waals surface area contributed by atoms with Gasteiger partial charge in [-0.2, -0.15) is 0 Å². The second-order valence-electron chi connectivity index (χ2n) is 11.0. The van der Waals surface area contributed by atoms with Gasteiger partial charge in [-0.25, -0.2) is 4.98 Å². The molecule has 1 aromatic carbocycles. The lowest BCUT2D eigenvalue weighted by molar-refractivity contribution is 0.0475. The fraction of sp³-hybridized carbons (Fsp3) is 0.481. The molecular weight excluding hydrogens is 508 g/mol. The Morgan fingerprint density at radius 1 is 1.24 bits per heavy atom. The molecule has 1 aliphatic heterocycles. The summed E-state index contributed by atoms with van der Waals surface area (Å²) in [6, 6.07) is 5.84. The maximum atomic E-state index is 14.3. The van der Waals surface area contributed by atoms with Crippen LogP contribution in [-0.4, -0.2) is 31.3 Å². The molecule has 0 unspecified atom stereocenters. The molecule has 1 fully saturated rings. The van der Waals surface area contributed by atoms with Crippen LogP contribution in [0.25, 0.3) is 0 Å². The zero-order valence-electron chi connectivity index (χ0n) is 20.7. The first-order valence-corrected chi connectivity index (χ1v) is 13.5. The van der Waals surface area contributed by atoms with Crippen LogP contribution in [0.3, 0.4) is 0 Å². The van der Waals surface area contributed by atoms with E-state index < -0.39 is 0 Å². The topological polar surface area (TPSA) is 59.0 Å². The SMILES string of the molecule is CC(C)C[C@@]1(C)C[C@H](c2cnccn2)[C@H](c2nccs2)N1C(=O)c1ccc(C(C)(C)C)c(Br)c1. The highest BCUT2D eigenvalue weighted by Crippen LogP contribution is 2.54. The first-order chi connectivity index (χ1) is 16.0. The third-order valence-corrected chi connectivity index (χ3v) is 8.16. The summed E-state index contributed by atoms with van der Waals surface area (Å²) < 4.78 is 0.965. The van der Waals surface area contributed by atoms with Crippen LogP contribution in [-0.2, 0) is 5.41 Å². The molecule has 0 N–H and O–H groups in total. The Morgan fingerprint density at radius 2 is 2.00 bits per heavy atom. The lowest BCUT2D eigenvalue weighted by atomic mass is 9.84. The van der Waals surface area contributed by atoms with E-state index in [1.54, 1.807) is 23.7 Å². The number of nitrogens with zero attached hydrogens (tertiary/aromatic N) is 4. The van der Waals surface area contributed by atoms with E-state index in [2.05, 4.69) is 83.4 Å². The number of rotatable bonds is 5. The summed E-state index contributed by atoms with van der Waals surface area (Å²) in [5.74, 6) is 0.508. The van der Waals surface area contributed by atoms with Crippen LogP contribution >= 0.6 is 27.3 Å². The predicted octanol–water partition coefficient (Wildman–Crippen LogP) is 7.17. The van der Waals surface area contributed by atoms with E-state index in [-0.39, 0.29) is 28.8 Å². The van der Waals surface area contributed by atoms with E-state index in [0.717, 1.165) is 28.0 Å². The number of aromatic nitrogens is 3. The fourth-order valence-corrected chi connectivity index (χ4v) is 7.22. The normalized spacial score (nSPS) is 23.0. The lowest BCUT2D eigenvalue weighted by Crippen LogP contribution is -2.47. The van der Waals surface area contributed by atoms with Crippen molar-refractivity contribution in [2.45, 2.75) is 77.3 Å². The van der Waals surface area contributed by atoms with E-state index in [1.165, 1.54) is 5.56 Å². The monoisotopic (exact) mass is 540 g/mol. The summed E-state index contributed by atoms with van der Waals surface area (Å²) in [6.45, 7) is 13.2. The van der Waals surface area contributed by atoms with Crippen LogP contribution in [0.2, 0.25) is 0 Å². The second kappa shape index (κ2) is 9.50. The fourth-order valence-electron chi connectivity index (χ4n) is 5.46. The number of likely N-dealkylation sites (tertiary alicyclic amines) is 1. The number of halogens is 1. The average Bonchev–Trinajstić information content (AvgIpc) is 3.38. The number of carbonyl (C=O) groups excluding carboxylic acids is 1. The minimum atomic E-state index is -0.334. The molecule has 1 saturated heterocycles. The van der Waals surface area contributed by atoms with Crippen LogP contribution in [0.5, 0.6) is 0 Å². The molecule has 7 heteroatoms. The highest BCUT2D eigenvalue weighted by molar-refractivity contribution is 9.10. The molecule has 0 saturated carbocycles. The minimum absolute atomic E-state index is 0.0132. The molecule has 0 radical (unpaired) electrons. The van der Waals surface area contributed by atoms with Gasteiger partial charge in [-0.05, 0) is 48.8 Å². The summed E-state index contributed by atoms with van der Waals surface area (Å²) in [4.78, 5) is 30.1. The molecular formula is C27H33BrN4OS. The van der Waals surface area contributed by atoms with Crippen molar-refractivity contribution in [1.82, 2.24) is 19.9 Å². The molecule has 2 aromatic heterocycles. The largest absolute Gasteiger partial charge is 0.323 e. The van der Waals surface area contributed by atoms with Crippen LogP contribution in [0, 0.1) is 5.92 Å². The van der Waals surface area contributed by atoms with Crippen molar-refractivity contribution < 1.29 is 4.79 Å². The smallest absolute Gasteiger partial charge is 0.254 e. The van der Waals surface area contributed by atoms with E-state index in [4.69, 9.17) is 0 Å². The van der Waals surface area contributed by atoms with Crippen molar-refractivity contribution in [2.24, 2.45) is 5.92 Å². The van der Waals surface area contributed by atoms with Crippen molar-refractivity contribution in [2.75, 3.05) is 0 Å². The number of carbonyl (C=O) groups is 1. The Morgan fingerprint density at radius 3 is 2.56 bits per heavy atom. The van der Waals surface area contributed by atoms with Gasteiger partial charge in [0, 0.05) is 51.7 Å². The molecule has 4 rings (SSSR count). The molecule has 3 aromatic rings. The van der Waals surface area contributed by atoms with Gasteiger partial charge in [0.1, 0.15) is 5.01 Å². The zero-order valence-corrected chi connectivity index (χ0v) is 23.2. The van der Waals surface area contributed by atoms with E-state index in [1.807, 2.05) is 29.9 Å². The van der Waals surface area contributed by atoms with Gasteiger partial charge in [0.15, 0.2) is 0 Å². The van der Waals surface area contributed by atoms with Crippen LogP contribution in [0.15, 0.2) is 52.8 Å². The van der Waals surface area contributed by atoms with Crippen molar-refractivity contribution in [3.63, 3.8) is 0 Å². The second-order valence-corrected chi connectivity index (χ2v) is 12.8. The molecule has 3 atom stereocenters. The molecule has 5 nitrogen and oxygen atoms in total. The summed E-state index contributed by atoms with van der Waals surface area (Å²) >= 11 is 5.33. The molecule has 1 amide bonds. The van der Waals surface area contributed by atoms with Crippen molar-refractivity contribution in [3.8, 4) is 0 Å². The third-order valence-electron chi connectivity index (χ3n) is 6.66. The molecule has 0 aliphatic carbocycles. The van der Waals surface area contributed by atoms with Gasteiger partial charge < -0.3 is 4.90 Å². The predicted molar refractivity (Wildman–Crippen MR) is 141 cm³/mol. The summed E-state index contributed by atoms with van der Waals surface area (Å²) in [7, 11) is 0. The van der Waals surface area contributed by atoms with Crippen molar-refractivity contribution in [3.05, 3.63) is 74.7 Å². The Labute approximate surface area is 215 Å². The highest BCUT2D eigenvalue weighted by Gasteiger charge is 2.53. The molecule has 0 spiro atoms. The van der Waals surface area contributed by atoms with Gasteiger partial charge in [0.25, 0.3) is 5.91 Å². The van der Waals surface area contributed by atoms with E-state index in [0.29, 0.717) is 11.5 Å². The number of thiazole rings is 1. The first-order valence-electron chi connectivity index (χ1n) is 11.8. The van der Waals surface area contributed by atoms with E-state index >= 15 is 0 Å². The van der Waals surface area contributed by atoms with Gasteiger partial charge in [-0.15, -0.1) is 11.3 Å². The van der Waals surface area contributed by atoms with Gasteiger partial charge >= 0.3 is 0 Å². The van der Waals surface area contributed by atoms with Gasteiger partial charge in [-0.1, -0.05) is 56.6 Å². The number of hydrogen-bond acceptors (Lipinski definition) is 5. The van der Waals surface area contributed by atoms with E-state index in [9.17, 15) is 4.79 Å². The standard InChI is InChI=1S/C27H33BrN4OS/c1-17(2)14-27(6)15-19(22-16-29-9-10-30-22)23(24-31-11-12-34-24)32(27)25(33)18-7-8-20(21(28)13-18)26(3,4)5/h7-13,16-17,19,23H,14-15H2,1-6H3/t19-,23-,27+/m1/s1. The summed E-state index contributed by atoms with van der Waals surface area (Å²) in [6.07, 6.45) is 8.81. The van der Waals surface area contributed by atoms with Crippen molar-refractivity contribution >= 4 is 33.2 Å². The lowest BCUT2D eigenvalue weighted by Gasteiger charge is -2.39. The average molecular weight is 542 g/mol. The Kier molecular flexibility index (Phi) is 6.98. The van der Waals surface area contributed by atoms with Gasteiger partial charge in [0.2, 0.25) is 0 Å². The summed E-state index contributed by atoms with van der Waals surface area (Å²) in [5.41, 5.74) is 2.44. The molecule has 1 aliphatic rings. The quantitative estimate of drug-likeness (QED) is 0.344. The summed E-state index contributed by atoms with van der Waals surface area (Å²) in [5, 5.41) is 2.93. The van der Waals surface area contributed by atoms with Gasteiger partial charge in [-0.3, -0.25) is 14.8 Å². The highest BCUT2D eigenvalue weighted by atomic mass is 79.9. The molecule has 34 heavy (non-hydrogen) atoms. The number of hydrogen-bond donors (Lipinski definition) is 0. The minimum Gasteiger partial charge on any atom is -0.323 e. The number of amides is 1. The zero-order chi connectivity index (χ0) is 24.7. The first kappa shape index (κ1) is 25.0. The molecule has 3 heterocycles. The van der Waals surface area contributed by atoms with Crippen LogP contribution < -0.4 is 0 Å². The van der Waals surface area contributed by atoms with Gasteiger partial charge in [0.05, 0.1) is 11.7 Å². The maximum Gasteiger partial charge on any atom is 0.254 e.